The van der Waals surface area contributed by atoms with Gasteiger partial charge in [-0.3, -0.25) is 4.79 Å². The number of ether oxygens (including phenoxy) is 2. The second kappa shape index (κ2) is 13.5. The quantitative estimate of drug-likeness (QED) is 0.212. The molecule has 0 heterocycles. The van der Waals surface area contributed by atoms with Crippen LogP contribution in [0.5, 0.6) is 5.75 Å². The molecule has 6 nitrogen and oxygen atoms in total. The van der Waals surface area contributed by atoms with E-state index in [1.807, 2.05) is 79.7 Å². The summed E-state index contributed by atoms with van der Waals surface area (Å²) in [5.74, 6) is 0.125. The molecule has 0 aliphatic carbocycles. The number of nitrogens with zero attached hydrogens (tertiary/aromatic N) is 2. The average molecular weight is 480 g/mol. The number of carbonyl (C=O) groups is 1. The van der Waals surface area contributed by atoms with Gasteiger partial charge in [0.1, 0.15) is 18.4 Å². The first-order chi connectivity index (χ1) is 17.6. The predicted molar refractivity (Wildman–Crippen MR) is 141 cm³/mol. The van der Waals surface area contributed by atoms with Crippen LogP contribution in [0.2, 0.25) is 0 Å². The molecule has 0 aromatic heterocycles. The SMILES string of the molecule is Cc1cc(COC(=O)CN)c(OCCCCC#N)cc1/C=C/c1cccc(-c2ccccc2)c1C#N. The molecular weight excluding hydrogens is 450 g/mol. The molecule has 0 fully saturated rings. The molecule has 3 aromatic rings. The number of nitriles is 2. The fourth-order valence-electron chi connectivity index (χ4n) is 3.77. The van der Waals surface area contributed by atoms with Gasteiger partial charge in [-0.25, -0.2) is 0 Å². The van der Waals surface area contributed by atoms with Gasteiger partial charge in [-0.15, -0.1) is 0 Å². The molecule has 36 heavy (non-hydrogen) atoms. The fraction of sp³-hybridized carbons (Fsp3) is 0.233. The summed E-state index contributed by atoms with van der Waals surface area (Å²) < 4.78 is 11.2. The standard InChI is InChI=1S/C30H29N3O3/c1-22-17-26(21-36-30(34)20-33)29(35-16-7-3-6-15-31)18-25(22)14-13-24-11-8-12-27(28(24)19-32)23-9-4-2-5-10-23/h2,4-5,8-14,17-18H,3,6-7,16,20-21,33H2,1H3/b14-13+. The zero-order chi connectivity index (χ0) is 25.8. The summed E-state index contributed by atoms with van der Waals surface area (Å²) in [6, 6.07) is 24.0. The molecule has 6 heteroatoms. The van der Waals surface area contributed by atoms with E-state index < -0.39 is 5.97 Å². The largest absolute Gasteiger partial charge is 0.493 e. The van der Waals surface area contributed by atoms with E-state index >= 15 is 0 Å². The van der Waals surface area contributed by atoms with E-state index in [4.69, 9.17) is 20.5 Å². The lowest BCUT2D eigenvalue weighted by Crippen LogP contribution is -2.16. The lowest BCUT2D eigenvalue weighted by Gasteiger charge is -2.15. The minimum absolute atomic E-state index is 0.0616. The van der Waals surface area contributed by atoms with Crippen molar-refractivity contribution in [1.29, 1.82) is 10.5 Å². The molecule has 0 spiro atoms. The first-order valence-corrected chi connectivity index (χ1v) is 11.8. The molecule has 3 aromatic carbocycles. The molecule has 0 atom stereocenters. The van der Waals surface area contributed by atoms with Gasteiger partial charge < -0.3 is 15.2 Å². The van der Waals surface area contributed by atoms with Gasteiger partial charge in [-0.2, -0.15) is 10.5 Å². The zero-order valence-electron chi connectivity index (χ0n) is 20.4. The molecule has 0 bridgehead atoms. The first-order valence-electron chi connectivity index (χ1n) is 11.8. The molecule has 2 N–H and O–H groups in total. The second-order valence-electron chi connectivity index (χ2n) is 8.23. The van der Waals surface area contributed by atoms with Crippen LogP contribution in [0.3, 0.4) is 0 Å². The van der Waals surface area contributed by atoms with Gasteiger partial charge >= 0.3 is 5.97 Å². The van der Waals surface area contributed by atoms with Crippen LogP contribution >= 0.6 is 0 Å². The van der Waals surface area contributed by atoms with Crippen LogP contribution in [0.25, 0.3) is 23.3 Å². The van der Waals surface area contributed by atoms with Crippen LogP contribution < -0.4 is 10.5 Å². The van der Waals surface area contributed by atoms with Crippen molar-refractivity contribution in [1.82, 2.24) is 0 Å². The molecule has 0 saturated heterocycles. The molecule has 0 aliphatic heterocycles. The summed E-state index contributed by atoms with van der Waals surface area (Å²) in [7, 11) is 0. The second-order valence-corrected chi connectivity index (χ2v) is 8.23. The average Bonchev–Trinajstić information content (AvgIpc) is 2.91. The van der Waals surface area contributed by atoms with Crippen LogP contribution in [-0.2, 0) is 16.1 Å². The maximum atomic E-state index is 11.6. The zero-order valence-corrected chi connectivity index (χ0v) is 20.4. The van der Waals surface area contributed by atoms with E-state index in [-0.39, 0.29) is 13.2 Å². The number of hydrogen-bond donors (Lipinski definition) is 1. The number of carbonyl (C=O) groups excluding carboxylic acids is 1. The molecule has 0 unspecified atom stereocenters. The van der Waals surface area contributed by atoms with Crippen molar-refractivity contribution in [3.05, 3.63) is 88.5 Å². The molecule has 182 valence electrons. The summed E-state index contributed by atoms with van der Waals surface area (Å²) >= 11 is 0. The van der Waals surface area contributed by atoms with Crippen molar-refractivity contribution in [2.45, 2.75) is 32.8 Å². The Hall–Kier alpha value is -4.39. The number of esters is 1. The van der Waals surface area contributed by atoms with Gasteiger partial charge in [0.15, 0.2) is 0 Å². The number of hydrogen-bond acceptors (Lipinski definition) is 6. The Bertz CT molecular complexity index is 1300. The number of nitrogens with two attached hydrogens (primary N) is 1. The molecule has 0 aliphatic rings. The Labute approximate surface area is 212 Å². The van der Waals surface area contributed by atoms with Crippen molar-refractivity contribution >= 4 is 18.1 Å². The summed E-state index contributed by atoms with van der Waals surface area (Å²) in [5, 5.41) is 18.6. The lowest BCUT2D eigenvalue weighted by molar-refractivity contribution is -0.143. The van der Waals surface area contributed by atoms with E-state index in [0.29, 0.717) is 24.3 Å². The maximum Gasteiger partial charge on any atom is 0.320 e. The van der Waals surface area contributed by atoms with Gasteiger partial charge in [-0.1, -0.05) is 60.7 Å². The number of rotatable bonds is 11. The summed E-state index contributed by atoms with van der Waals surface area (Å²) in [6.07, 6.45) is 5.86. The Morgan fingerprint density at radius 1 is 1.00 bits per heavy atom. The van der Waals surface area contributed by atoms with E-state index in [9.17, 15) is 10.1 Å². The Morgan fingerprint density at radius 2 is 1.78 bits per heavy atom. The number of aryl methyl sites for hydroxylation is 1. The molecule has 0 saturated carbocycles. The van der Waals surface area contributed by atoms with Crippen molar-refractivity contribution in [3.8, 4) is 29.0 Å². The lowest BCUT2D eigenvalue weighted by atomic mass is 9.95. The van der Waals surface area contributed by atoms with Crippen LogP contribution in [0.15, 0.2) is 60.7 Å². The highest BCUT2D eigenvalue weighted by Crippen LogP contribution is 2.29. The first kappa shape index (κ1) is 26.2. The van der Waals surface area contributed by atoms with Gasteiger partial charge in [-0.05, 0) is 54.2 Å². The van der Waals surface area contributed by atoms with Gasteiger partial charge in [0, 0.05) is 17.5 Å². The summed E-state index contributed by atoms with van der Waals surface area (Å²) in [6.45, 7) is 2.29. The third-order valence-electron chi connectivity index (χ3n) is 5.68. The highest BCUT2D eigenvalue weighted by atomic mass is 16.5. The van der Waals surface area contributed by atoms with E-state index in [0.717, 1.165) is 46.2 Å². The van der Waals surface area contributed by atoms with Gasteiger partial charge in [0.05, 0.1) is 24.8 Å². The highest BCUT2D eigenvalue weighted by molar-refractivity contribution is 5.81. The smallest absolute Gasteiger partial charge is 0.320 e. The van der Waals surface area contributed by atoms with Crippen molar-refractivity contribution in [3.63, 3.8) is 0 Å². The van der Waals surface area contributed by atoms with E-state index in [1.54, 1.807) is 0 Å². The van der Waals surface area contributed by atoms with Crippen molar-refractivity contribution in [2.24, 2.45) is 5.73 Å². The fourth-order valence-corrected chi connectivity index (χ4v) is 3.77. The van der Waals surface area contributed by atoms with Crippen LogP contribution in [0.4, 0.5) is 0 Å². The molecule has 0 radical (unpaired) electrons. The minimum Gasteiger partial charge on any atom is -0.493 e. The van der Waals surface area contributed by atoms with Crippen molar-refractivity contribution < 1.29 is 14.3 Å². The third-order valence-corrected chi connectivity index (χ3v) is 5.68. The minimum atomic E-state index is -0.487. The monoisotopic (exact) mass is 479 g/mol. The third kappa shape index (κ3) is 7.06. The number of benzene rings is 3. The van der Waals surface area contributed by atoms with Crippen LogP contribution in [-0.4, -0.2) is 19.1 Å². The van der Waals surface area contributed by atoms with Gasteiger partial charge in [0.25, 0.3) is 0 Å². The van der Waals surface area contributed by atoms with Crippen molar-refractivity contribution in [2.75, 3.05) is 13.2 Å². The van der Waals surface area contributed by atoms with E-state index in [1.165, 1.54) is 0 Å². The molecule has 3 rings (SSSR count). The van der Waals surface area contributed by atoms with Crippen LogP contribution in [0.1, 0.15) is 47.1 Å². The Kier molecular flexibility index (Phi) is 9.82. The predicted octanol–water partition coefficient (Wildman–Crippen LogP) is 5.78. The van der Waals surface area contributed by atoms with Crippen LogP contribution in [0, 0.1) is 29.6 Å². The molecule has 0 amide bonds. The summed E-state index contributed by atoms with van der Waals surface area (Å²) in [5.41, 5.74) is 11.3. The Morgan fingerprint density at radius 3 is 2.50 bits per heavy atom. The van der Waals surface area contributed by atoms with Gasteiger partial charge in [0.2, 0.25) is 0 Å². The van der Waals surface area contributed by atoms with E-state index in [2.05, 4.69) is 12.1 Å². The Balaban J connectivity index is 1.90. The molecular formula is C30H29N3O3. The normalized spacial score (nSPS) is 10.6. The summed E-state index contributed by atoms with van der Waals surface area (Å²) in [4.78, 5) is 11.6. The maximum absolute atomic E-state index is 11.6. The number of unbranched alkanes of at least 4 members (excludes halogenated alkanes) is 2. The topological polar surface area (TPSA) is 109 Å². The highest BCUT2D eigenvalue weighted by Gasteiger charge is 2.12.